The fourth-order valence-electron chi connectivity index (χ4n) is 3.17. The summed E-state index contributed by atoms with van der Waals surface area (Å²) in [4.78, 5) is 18.9. The highest BCUT2D eigenvalue weighted by atomic mass is 127. The lowest BCUT2D eigenvalue weighted by Crippen LogP contribution is -2.46. The third-order valence-corrected chi connectivity index (χ3v) is 5.57. The molecule has 3 rings (SSSR count). The average Bonchev–Trinajstić information content (AvgIpc) is 2.54. The second-order valence-corrected chi connectivity index (χ2v) is 9.60. The summed E-state index contributed by atoms with van der Waals surface area (Å²) in [5.41, 5.74) is 1.76. The first-order valence-electron chi connectivity index (χ1n) is 8.71. The molecule has 0 unspecified atom stereocenters. The number of pyridine rings is 1. The molecule has 1 aliphatic rings. The van der Waals surface area contributed by atoms with Gasteiger partial charge in [-0.1, -0.05) is 15.9 Å². The molecule has 1 aliphatic heterocycles. The number of halogens is 2. The van der Waals surface area contributed by atoms with Gasteiger partial charge in [-0.15, -0.1) is 0 Å². The summed E-state index contributed by atoms with van der Waals surface area (Å²) >= 11 is 5.92. The Morgan fingerprint density at radius 2 is 2.04 bits per heavy atom. The van der Waals surface area contributed by atoms with Crippen LogP contribution in [0.3, 0.4) is 0 Å². The number of nitrogens with zero attached hydrogens (tertiary/aromatic N) is 2. The molecule has 1 saturated heterocycles. The molecule has 0 spiro atoms. The zero-order valence-electron chi connectivity index (χ0n) is 15.2. The molecule has 2 heterocycles. The molecule has 0 atom stereocenters. The third-order valence-electron chi connectivity index (χ3n) is 4.29. The van der Waals surface area contributed by atoms with E-state index < -0.39 is 5.60 Å². The average molecular weight is 532 g/mol. The summed E-state index contributed by atoms with van der Waals surface area (Å²) in [7, 11) is 0. The molecule has 1 N–H and O–H groups in total. The molecule has 0 aliphatic carbocycles. The van der Waals surface area contributed by atoms with E-state index in [9.17, 15) is 4.79 Å². The van der Waals surface area contributed by atoms with Gasteiger partial charge in [-0.3, -0.25) is 4.98 Å². The molecular formula is C19H23BrIN3O2. The van der Waals surface area contributed by atoms with Gasteiger partial charge in [-0.05, 0) is 74.4 Å². The van der Waals surface area contributed by atoms with Crippen LogP contribution in [0.5, 0.6) is 0 Å². The van der Waals surface area contributed by atoms with Crippen molar-refractivity contribution < 1.29 is 9.53 Å². The van der Waals surface area contributed by atoms with Crippen molar-refractivity contribution >= 4 is 61.2 Å². The molecule has 1 aromatic carbocycles. The molecule has 0 radical (unpaired) electrons. The molecule has 0 bridgehead atoms. The summed E-state index contributed by atoms with van der Waals surface area (Å²) in [5, 5.41) is 4.16. The van der Waals surface area contributed by atoms with Crippen molar-refractivity contribution in [2.24, 2.45) is 0 Å². The van der Waals surface area contributed by atoms with Crippen molar-refractivity contribution in [3.8, 4) is 0 Å². The van der Waals surface area contributed by atoms with Crippen LogP contribution in [0.25, 0.3) is 10.9 Å². The fraction of sp³-hybridized carbons (Fsp3) is 0.474. The Labute approximate surface area is 176 Å². The number of benzene rings is 1. The first-order valence-corrected chi connectivity index (χ1v) is 10.6. The smallest absolute Gasteiger partial charge is 0.407 e. The van der Waals surface area contributed by atoms with Crippen LogP contribution in [0.2, 0.25) is 0 Å². The SMILES string of the molecule is CC(C)(C)OC(=O)NC1CCN(c2c(I)cnc3ccc(Br)cc23)CC1. The Morgan fingerprint density at radius 1 is 1.35 bits per heavy atom. The zero-order chi connectivity index (χ0) is 18.9. The second kappa shape index (κ2) is 7.88. The number of piperidine rings is 1. The van der Waals surface area contributed by atoms with Crippen LogP contribution < -0.4 is 10.2 Å². The molecular weight excluding hydrogens is 509 g/mol. The summed E-state index contributed by atoms with van der Waals surface area (Å²) < 4.78 is 7.56. The lowest BCUT2D eigenvalue weighted by atomic mass is 10.0. The van der Waals surface area contributed by atoms with Gasteiger partial charge in [-0.2, -0.15) is 0 Å². The highest BCUT2D eigenvalue weighted by Crippen LogP contribution is 2.34. The Balaban J connectivity index is 1.71. The van der Waals surface area contributed by atoms with Gasteiger partial charge in [0.25, 0.3) is 0 Å². The molecule has 140 valence electrons. The Hall–Kier alpha value is -1.09. The van der Waals surface area contributed by atoms with Gasteiger partial charge in [-0.25, -0.2) is 4.79 Å². The van der Waals surface area contributed by atoms with E-state index in [1.165, 1.54) is 5.69 Å². The minimum absolute atomic E-state index is 0.151. The number of nitrogens with one attached hydrogen (secondary N) is 1. The number of ether oxygens (including phenoxy) is 1. The standard InChI is InChI=1S/C19H23BrIN3O2/c1-19(2,3)26-18(25)23-13-6-8-24(9-7-13)17-14-10-12(20)4-5-16(14)22-11-15(17)21/h4-5,10-11,13H,6-9H2,1-3H3,(H,23,25). The number of anilines is 1. The van der Waals surface area contributed by atoms with Gasteiger partial charge in [0.05, 0.1) is 14.8 Å². The van der Waals surface area contributed by atoms with Crippen LogP contribution in [0, 0.1) is 3.57 Å². The van der Waals surface area contributed by atoms with Crippen LogP contribution in [-0.4, -0.2) is 35.8 Å². The number of fused-ring (bicyclic) bond motifs is 1. The van der Waals surface area contributed by atoms with Crippen molar-refractivity contribution in [1.29, 1.82) is 0 Å². The van der Waals surface area contributed by atoms with Crippen LogP contribution in [0.1, 0.15) is 33.6 Å². The van der Waals surface area contributed by atoms with E-state index in [0.717, 1.165) is 44.9 Å². The maximum absolute atomic E-state index is 12.0. The van der Waals surface area contributed by atoms with Gasteiger partial charge in [0, 0.05) is 35.2 Å². The van der Waals surface area contributed by atoms with Gasteiger partial charge < -0.3 is 15.0 Å². The van der Waals surface area contributed by atoms with E-state index in [2.05, 4.69) is 59.8 Å². The molecule has 1 amide bonds. The number of hydrogen-bond donors (Lipinski definition) is 1. The third kappa shape index (κ3) is 4.79. The summed E-state index contributed by atoms with van der Waals surface area (Å²) in [6, 6.07) is 6.34. The normalized spacial score (nSPS) is 16.0. The molecule has 0 saturated carbocycles. The van der Waals surface area contributed by atoms with Crippen LogP contribution in [-0.2, 0) is 4.74 Å². The fourth-order valence-corrected chi connectivity index (χ4v) is 4.30. The van der Waals surface area contributed by atoms with E-state index >= 15 is 0 Å². The second-order valence-electron chi connectivity index (χ2n) is 7.52. The van der Waals surface area contributed by atoms with E-state index in [4.69, 9.17) is 4.74 Å². The number of hydrogen-bond acceptors (Lipinski definition) is 4. The van der Waals surface area contributed by atoms with Crippen LogP contribution >= 0.6 is 38.5 Å². The van der Waals surface area contributed by atoms with Crippen LogP contribution in [0.15, 0.2) is 28.9 Å². The Kier molecular flexibility index (Phi) is 5.96. The highest BCUT2D eigenvalue weighted by molar-refractivity contribution is 14.1. The van der Waals surface area contributed by atoms with Crippen molar-refractivity contribution in [1.82, 2.24) is 10.3 Å². The van der Waals surface area contributed by atoms with Crippen molar-refractivity contribution in [2.45, 2.75) is 45.3 Å². The highest BCUT2D eigenvalue weighted by Gasteiger charge is 2.25. The molecule has 2 aromatic rings. The summed E-state index contributed by atoms with van der Waals surface area (Å²) in [5.74, 6) is 0. The monoisotopic (exact) mass is 531 g/mol. The maximum Gasteiger partial charge on any atom is 0.407 e. The van der Waals surface area contributed by atoms with E-state index in [-0.39, 0.29) is 12.1 Å². The number of aromatic nitrogens is 1. The first kappa shape index (κ1) is 19.7. The number of amides is 1. The van der Waals surface area contributed by atoms with Crippen molar-refractivity contribution in [3.63, 3.8) is 0 Å². The quantitative estimate of drug-likeness (QED) is 0.548. The topological polar surface area (TPSA) is 54.5 Å². The van der Waals surface area contributed by atoms with E-state index in [0.29, 0.717) is 0 Å². The number of carbonyl (C=O) groups excluding carboxylic acids is 1. The van der Waals surface area contributed by atoms with Crippen molar-refractivity contribution in [3.05, 3.63) is 32.4 Å². The van der Waals surface area contributed by atoms with Gasteiger partial charge in [0.15, 0.2) is 0 Å². The Bertz CT molecular complexity index is 809. The number of rotatable bonds is 2. The lowest BCUT2D eigenvalue weighted by molar-refractivity contribution is 0.0497. The molecule has 5 nitrogen and oxygen atoms in total. The minimum Gasteiger partial charge on any atom is -0.444 e. The zero-order valence-corrected chi connectivity index (χ0v) is 18.9. The largest absolute Gasteiger partial charge is 0.444 e. The molecule has 7 heteroatoms. The molecule has 26 heavy (non-hydrogen) atoms. The Morgan fingerprint density at radius 3 is 2.69 bits per heavy atom. The van der Waals surface area contributed by atoms with Gasteiger partial charge in [0.1, 0.15) is 5.60 Å². The molecule has 1 aromatic heterocycles. The predicted molar refractivity (Wildman–Crippen MR) is 117 cm³/mol. The number of alkyl carbamates (subject to hydrolysis) is 1. The van der Waals surface area contributed by atoms with Crippen molar-refractivity contribution in [2.75, 3.05) is 18.0 Å². The minimum atomic E-state index is -0.468. The van der Waals surface area contributed by atoms with Gasteiger partial charge >= 0.3 is 6.09 Å². The first-order chi connectivity index (χ1) is 12.2. The van der Waals surface area contributed by atoms with E-state index in [1.807, 2.05) is 39.1 Å². The van der Waals surface area contributed by atoms with Crippen LogP contribution in [0.4, 0.5) is 10.5 Å². The lowest BCUT2D eigenvalue weighted by Gasteiger charge is -2.35. The van der Waals surface area contributed by atoms with Gasteiger partial charge in [0.2, 0.25) is 0 Å². The summed E-state index contributed by atoms with van der Waals surface area (Å²) in [6.45, 7) is 7.42. The number of carbonyl (C=O) groups is 1. The maximum atomic E-state index is 12.0. The van der Waals surface area contributed by atoms with E-state index in [1.54, 1.807) is 0 Å². The molecule has 1 fully saturated rings. The predicted octanol–water partition coefficient (Wildman–Crippen LogP) is 5.10. The summed E-state index contributed by atoms with van der Waals surface area (Å²) in [6.07, 6.45) is 3.39.